The average Bonchev–Trinajstić information content (AvgIpc) is 1.94. The van der Waals surface area contributed by atoms with Crippen molar-refractivity contribution in [1.82, 2.24) is 0 Å². The molecule has 0 aliphatic rings. The van der Waals surface area contributed by atoms with Crippen LogP contribution in [0.2, 0.25) is 0 Å². The molecular weight excluding hydrogens is 720 g/mol. The Morgan fingerprint density at radius 1 is 0.360 bits per heavy atom. The van der Waals surface area contributed by atoms with Gasteiger partial charge in [-0.2, -0.15) is 0 Å². The zero-order valence-electron chi connectivity index (χ0n) is 11.8. The SMILES string of the molecule is O=[Si]([O-])[O-].O=[Si]([O-])[O-].O=[Si]([O-])[O-].O=[Si]([O-])[O-].O=[Si]([O-])[O-].[Al+3].[Al+3].[B].[Ba+2].[Ba+2]. The van der Waals surface area contributed by atoms with Crippen molar-refractivity contribution < 1.29 is 70.3 Å². The Morgan fingerprint density at radius 2 is 0.360 bits per heavy atom. The molecule has 123 valence electrons. The van der Waals surface area contributed by atoms with Crippen LogP contribution in [0.1, 0.15) is 0 Å². The zero-order valence-corrected chi connectivity index (χ0v) is 28.0. The van der Waals surface area contributed by atoms with Crippen molar-refractivity contribution in [3.05, 3.63) is 0 Å². The van der Waals surface area contributed by atoms with E-state index in [0.29, 0.717) is 0 Å². The Hall–Kier alpha value is 2.36. The first-order chi connectivity index (χ1) is 8.66. The van der Waals surface area contributed by atoms with Gasteiger partial charge in [0, 0.05) is 54.3 Å². The Morgan fingerprint density at radius 3 is 0.360 bits per heavy atom. The van der Waals surface area contributed by atoms with E-state index in [-0.39, 0.29) is 141 Å². The molecule has 0 aromatic carbocycles. The van der Waals surface area contributed by atoms with Gasteiger partial charge in [0.25, 0.3) is 0 Å². The maximum atomic E-state index is 8.52. The fraction of sp³-hybridized carbons (Fsp3) is 0. The second kappa shape index (κ2) is 56.3. The van der Waals surface area contributed by atoms with Crippen molar-refractivity contribution in [2.75, 3.05) is 0 Å². The van der Waals surface area contributed by atoms with Crippen LogP contribution in [0.15, 0.2) is 0 Å². The van der Waals surface area contributed by atoms with Gasteiger partial charge < -0.3 is 70.3 Å². The predicted molar refractivity (Wildman–Crippen MR) is 61.0 cm³/mol. The van der Waals surface area contributed by atoms with E-state index in [9.17, 15) is 0 Å². The molecule has 0 amide bonds. The van der Waals surface area contributed by atoms with Gasteiger partial charge >= 0.3 is 132 Å². The van der Waals surface area contributed by atoms with Crippen molar-refractivity contribution >= 4 is 187 Å². The van der Waals surface area contributed by atoms with Crippen LogP contribution < -0.4 is 48.0 Å². The summed E-state index contributed by atoms with van der Waals surface area (Å²) in [6.45, 7) is 0. The first kappa shape index (κ1) is 63.1. The van der Waals surface area contributed by atoms with E-state index < -0.39 is 45.9 Å². The minimum absolute atomic E-state index is 0. The smallest absolute Gasteiger partial charge is 0.672 e. The quantitative estimate of drug-likeness (QED) is 0.210. The van der Waals surface area contributed by atoms with Gasteiger partial charge in [-0.05, 0) is 0 Å². The molecule has 0 aliphatic heterocycles. The summed E-state index contributed by atoms with van der Waals surface area (Å²) in [5.74, 6) is 0. The molecular formula is Al2BBa2O15Si5. The van der Waals surface area contributed by atoms with E-state index in [1.165, 1.54) is 0 Å². The monoisotopic (exact) mass is 721 g/mol. The van der Waals surface area contributed by atoms with Crippen LogP contribution in [0.5, 0.6) is 0 Å². The zero-order chi connectivity index (χ0) is 17.9. The van der Waals surface area contributed by atoms with Crippen LogP contribution in [0, 0.1) is 0 Å². The molecule has 0 aromatic rings. The maximum Gasteiger partial charge on any atom is 3.00 e. The van der Waals surface area contributed by atoms with Crippen LogP contribution in [-0.2, 0) is 22.3 Å². The molecule has 0 saturated carbocycles. The molecule has 0 atom stereocenters. The molecule has 25 heteroatoms. The summed E-state index contributed by atoms with van der Waals surface area (Å²) in [7, 11) is -18.1. The van der Waals surface area contributed by atoms with Crippen LogP contribution in [-0.4, -0.2) is 187 Å². The Labute approximate surface area is 252 Å². The van der Waals surface area contributed by atoms with Gasteiger partial charge in [-0.25, -0.2) is 0 Å². The molecule has 0 unspecified atom stereocenters. The van der Waals surface area contributed by atoms with Crippen molar-refractivity contribution in [3.63, 3.8) is 0 Å². The van der Waals surface area contributed by atoms with Gasteiger partial charge in [0.1, 0.15) is 0 Å². The molecule has 0 rings (SSSR count). The van der Waals surface area contributed by atoms with Crippen LogP contribution in [0.25, 0.3) is 0 Å². The summed E-state index contributed by atoms with van der Waals surface area (Å²) in [6, 6.07) is 0. The number of hydrogen-bond donors (Lipinski definition) is 0. The molecule has 0 bridgehead atoms. The van der Waals surface area contributed by atoms with Crippen molar-refractivity contribution in [1.29, 1.82) is 0 Å². The molecule has 0 saturated heterocycles. The molecule has 0 N–H and O–H groups in total. The van der Waals surface area contributed by atoms with Gasteiger partial charge in [-0.3, -0.25) is 0 Å². The minimum Gasteiger partial charge on any atom is -0.672 e. The van der Waals surface area contributed by atoms with Crippen molar-refractivity contribution in [3.8, 4) is 0 Å². The predicted octanol–water partition coefficient (Wildman–Crippen LogP) is -16.3. The third-order valence-electron chi connectivity index (χ3n) is 0. The summed E-state index contributed by atoms with van der Waals surface area (Å²) in [6.07, 6.45) is 0. The maximum absolute atomic E-state index is 8.52. The molecule has 0 fully saturated rings. The fourth-order valence-corrected chi connectivity index (χ4v) is 0. The van der Waals surface area contributed by atoms with Crippen LogP contribution in [0.4, 0.5) is 0 Å². The number of hydrogen-bond acceptors (Lipinski definition) is 15. The first-order valence-corrected chi connectivity index (χ1v) is 9.19. The van der Waals surface area contributed by atoms with Gasteiger partial charge in [-0.1, -0.05) is 0 Å². The largest absolute Gasteiger partial charge is 3.00 e. The molecule has 15 nitrogen and oxygen atoms in total. The third kappa shape index (κ3) is 2810. The van der Waals surface area contributed by atoms with E-state index in [1.54, 1.807) is 0 Å². The van der Waals surface area contributed by atoms with E-state index >= 15 is 0 Å². The molecule has 0 aliphatic carbocycles. The molecule has 3 radical (unpaired) electrons. The summed E-state index contributed by atoms with van der Waals surface area (Å²) in [4.78, 5) is 85.2. The molecule has 0 spiro atoms. The second-order valence-electron chi connectivity index (χ2n) is 1.25. The Bertz CT molecular complexity index is 227. The second-order valence-corrected chi connectivity index (χ2v) is 3.75. The third-order valence-corrected chi connectivity index (χ3v) is 0. The summed E-state index contributed by atoms with van der Waals surface area (Å²) in [5.41, 5.74) is 0. The van der Waals surface area contributed by atoms with Crippen LogP contribution in [0.3, 0.4) is 0 Å². The van der Waals surface area contributed by atoms with Crippen LogP contribution >= 0.6 is 0 Å². The molecule has 25 heavy (non-hydrogen) atoms. The van der Waals surface area contributed by atoms with Gasteiger partial charge in [-0.15, -0.1) is 0 Å². The number of rotatable bonds is 0. The van der Waals surface area contributed by atoms with Gasteiger partial charge in [0.05, 0.1) is 0 Å². The average molecular weight is 720 g/mol. The van der Waals surface area contributed by atoms with Gasteiger partial charge in [0.15, 0.2) is 0 Å². The van der Waals surface area contributed by atoms with E-state index in [2.05, 4.69) is 0 Å². The summed E-state index contributed by atoms with van der Waals surface area (Å²) < 4.78 is 42.6. The Balaban J connectivity index is -0.0000000134. The normalized spacial score (nSPS) is 4.80. The standard InChI is InChI=1S/2Al.B.2Ba.5O3Si/c;;;;;5*1-4(2)3/q2*+3;;2*+2;5*-2. The van der Waals surface area contributed by atoms with Crippen molar-refractivity contribution in [2.24, 2.45) is 0 Å². The summed E-state index contributed by atoms with van der Waals surface area (Å²) >= 11 is 0. The summed E-state index contributed by atoms with van der Waals surface area (Å²) in [5, 5.41) is 0. The van der Waals surface area contributed by atoms with E-state index in [4.69, 9.17) is 70.3 Å². The molecule has 0 aromatic heterocycles. The van der Waals surface area contributed by atoms with Crippen molar-refractivity contribution in [2.45, 2.75) is 0 Å². The van der Waals surface area contributed by atoms with E-state index in [1.807, 2.05) is 0 Å². The topological polar surface area (TPSA) is 316 Å². The van der Waals surface area contributed by atoms with Gasteiger partial charge in [0.2, 0.25) is 0 Å². The molecule has 0 heterocycles. The van der Waals surface area contributed by atoms with E-state index in [0.717, 1.165) is 0 Å². The first-order valence-electron chi connectivity index (χ1n) is 3.06. The Kier molecular flexibility index (Phi) is 142. The minimum atomic E-state index is -3.63. The fourth-order valence-electron chi connectivity index (χ4n) is 0.